The number of halogens is 1. The summed E-state index contributed by atoms with van der Waals surface area (Å²) in [6.07, 6.45) is 4.27. The molecule has 1 aliphatic carbocycles. The van der Waals surface area contributed by atoms with Crippen LogP contribution < -0.4 is 10.6 Å². The Balaban J connectivity index is 0.00000364. The summed E-state index contributed by atoms with van der Waals surface area (Å²) in [5.41, 5.74) is -0.555. The van der Waals surface area contributed by atoms with Crippen LogP contribution in [0.25, 0.3) is 0 Å². The number of imide groups is 1. The minimum Gasteiger partial charge on any atom is -0.343 e. The molecule has 0 radical (unpaired) electrons. The van der Waals surface area contributed by atoms with Gasteiger partial charge in [-0.05, 0) is 44.1 Å². The average molecular weight is 403 g/mol. The highest BCUT2D eigenvalue weighted by Gasteiger charge is 2.53. The van der Waals surface area contributed by atoms with Gasteiger partial charge < -0.3 is 15.5 Å². The highest BCUT2D eigenvalue weighted by atomic mass is 35.5. The first-order valence-corrected chi connectivity index (χ1v) is 9.69. The smallest absolute Gasteiger partial charge is 0.325 e. The van der Waals surface area contributed by atoms with Gasteiger partial charge >= 0.3 is 6.03 Å². The van der Waals surface area contributed by atoms with Gasteiger partial charge in [-0.25, -0.2) is 4.79 Å². The molecule has 1 heterocycles. The molecule has 156 valence electrons. The number of carbonyl (C=O) groups excluding carboxylic acids is 3. The Labute approximate surface area is 169 Å². The van der Waals surface area contributed by atoms with Crippen molar-refractivity contribution >= 4 is 30.3 Å². The number of amides is 4. The molecule has 1 spiro atoms. The summed E-state index contributed by atoms with van der Waals surface area (Å²) in [5, 5.41) is 5.88. The standard InChI is InChI=1S/C19H34N4O3.ClH/c1-6-18(2,3)14-7-9-19(10-8-14)16(25)23(17(26)21-19)13-15(24)22(5)12-11-20-4;/h14,20H,6-13H2,1-5H3,(H,21,26);1H. The van der Waals surface area contributed by atoms with Gasteiger partial charge in [0.2, 0.25) is 5.91 Å². The Morgan fingerprint density at radius 2 is 1.93 bits per heavy atom. The number of nitrogens with one attached hydrogen (secondary N) is 2. The number of urea groups is 1. The van der Waals surface area contributed by atoms with Crippen LogP contribution in [-0.2, 0) is 9.59 Å². The molecule has 2 fully saturated rings. The summed E-state index contributed by atoms with van der Waals surface area (Å²) in [7, 11) is 3.50. The maximum Gasteiger partial charge on any atom is 0.325 e. The molecular weight excluding hydrogens is 368 g/mol. The Hall–Kier alpha value is -1.34. The molecular formula is C19H35ClN4O3. The maximum atomic E-state index is 13.0. The van der Waals surface area contributed by atoms with Gasteiger partial charge in [0.15, 0.2) is 0 Å². The van der Waals surface area contributed by atoms with E-state index in [2.05, 4.69) is 31.4 Å². The topological polar surface area (TPSA) is 81.8 Å². The van der Waals surface area contributed by atoms with Crippen molar-refractivity contribution in [3.63, 3.8) is 0 Å². The van der Waals surface area contributed by atoms with Gasteiger partial charge in [0, 0.05) is 20.1 Å². The Bertz CT molecular complexity index is 559. The van der Waals surface area contributed by atoms with E-state index >= 15 is 0 Å². The zero-order valence-electron chi connectivity index (χ0n) is 17.3. The van der Waals surface area contributed by atoms with Crippen molar-refractivity contribution in [3.8, 4) is 0 Å². The van der Waals surface area contributed by atoms with Crippen molar-refractivity contribution in [3.05, 3.63) is 0 Å². The lowest BCUT2D eigenvalue weighted by Crippen LogP contribution is -2.51. The second kappa shape index (κ2) is 9.24. The van der Waals surface area contributed by atoms with E-state index in [1.54, 1.807) is 11.9 Å². The van der Waals surface area contributed by atoms with Gasteiger partial charge in [-0.2, -0.15) is 0 Å². The molecule has 0 unspecified atom stereocenters. The van der Waals surface area contributed by atoms with Gasteiger partial charge in [0.1, 0.15) is 12.1 Å². The second-order valence-corrected chi connectivity index (χ2v) is 8.44. The molecule has 0 aromatic rings. The van der Waals surface area contributed by atoms with Crippen LogP contribution in [0.1, 0.15) is 52.9 Å². The van der Waals surface area contributed by atoms with E-state index in [-0.39, 0.29) is 36.2 Å². The fourth-order valence-electron chi connectivity index (χ4n) is 4.00. The third kappa shape index (κ3) is 4.93. The largest absolute Gasteiger partial charge is 0.343 e. The molecule has 1 saturated carbocycles. The summed E-state index contributed by atoms with van der Waals surface area (Å²) >= 11 is 0. The number of rotatable bonds is 7. The molecule has 0 aromatic carbocycles. The number of hydrogen-bond donors (Lipinski definition) is 2. The zero-order chi connectivity index (χ0) is 19.5. The first-order chi connectivity index (χ1) is 12.2. The molecule has 1 aliphatic heterocycles. The van der Waals surface area contributed by atoms with E-state index in [0.717, 1.165) is 24.2 Å². The molecule has 7 nitrogen and oxygen atoms in total. The van der Waals surface area contributed by atoms with Crippen LogP contribution in [0.5, 0.6) is 0 Å². The Morgan fingerprint density at radius 3 is 2.44 bits per heavy atom. The minimum atomic E-state index is -0.804. The SMILES string of the molecule is CCC(C)(C)C1CCC2(CC1)NC(=O)N(CC(=O)N(C)CCNC)C2=O.Cl. The molecule has 0 aromatic heterocycles. The summed E-state index contributed by atoms with van der Waals surface area (Å²) in [6, 6.07) is -0.432. The Kier molecular flexibility index (Phi) is 8.11. The van der Waals surface area contributed by atoms with Crippen molar-refractivity contribution in [2.45, 2.75) is 58.4 Å². The van der Waals surface area contributed by atoms with Crippen molar-refractivity contribution in [1.82, 2.24) is 20.4 Å². The highest BCUT2D eigenvalue weighted by molar-refractivity contribution is 6.09. The van der Waals surface area contributed by atoms with E-state index in [1.807, 2.05) is 7.05 Å². The summed E-state index contributed by atoms with van der Waals surface area (Å²) in [6.45, 7) is 7.77. The quantitative estimate of drug-likeness (QED) is 0.638. The fraction of sp³-hybridized carbons (Fsp3) is 0.842. The van der Waals surface area contributed by atoms with Crippen molar-refractivity contribution in [2.75, 3.05) is 33.7 Å². The van der Waals surface area contributed by atoms with Gasteiger partial charge in [0.25, 0.3) is 5.91 Å². The van der Waals surface area contributed by atoms with Crippen molar-refractivity contribution in [2.24, 2.45) is 11.3 Å². The third-order valence-corrected chi connectivity index (χ3v) is 6.52. The van der Waals surface area contributed by atoms with E-state index in [9.17, 15) is 14.4 Å². The molecule has 2 rings (SSSR count). The first-order valence-electron chi connectivity index (χ1n) is 9.69. The van der Waals surface area contributed by atoms with E-state index in [0.29, 0.717) is 31.8 Å². The molecule has 0 atom stereocenters. The van der Waals surface area contributed by atoms with Gasteiger partial charge in [-0.1, -0.05) is 27.2 Å². The van der Waals surface area contributed by atoms with Crippen LogP contribution in [0.3, 0.4) is 0 Å². The molecule has 2 aliphatic rings. The van der Waals surface area contributed by atoms with E-state index in [4.69, 9.17) is 0 Å². The maximum absolute atomic E-state index is 13.0. The van der Waals surface area contributed by atoms with Crippen molar-refractivity contribution in [1.29, 1.82) is 0 Å². The van der Waals surface area contributed by atoms with Gasteiger partial charge in [-0.15, -0.1) is 12.4 Å². The van der Waals surface area contributed by atoms with Crippen LogP contribution in [0.2, 0.25) is 0 Å². The monoisotopic (exact) mass is 402 g/mol. The number of carbonyl (C=O) groups is 3. The van der Waals surface area contributed by atoms with E-state index in [1.165, 1.54) is 0 Å². The molecule has 8 heteroatoms. The number of hydrogen-bond acceptors (Lipinski definition) is 4. The van der Waals surface area contributed by atoms with Gasteiger partial charge in [0.05, 0.1) is 0 Å². The first kappa shape index (κ1) is 23.7. The summed E-state index contributed by atoms with van der Waals surface area (Å²) < 4.78 is 0. The van der Waals surface area contributed by atoms with Gasteiger partial charge in [-0.3, -0.25) is 14.5 Å². The highest BCUT2D eigenvalue weighted by Crippen LogP contribution is 2.45. The van der Waals surface area contributed by atoms with Crippen LogP contribution in [0, 0.1) is 11.3 Å². The predicted molar refractivity (Wildman–Crippen MR) is 108 cm³/mol. The van der Waals surface area contributed by atoms with Crippen LogP contribution in [-0.4, -0.2) is 66.9 Å². The summed E-state index contributed by atoms with van der Waals surface area (Å²) in [4.78, 5) is 40.3. The number of likely N-dealkylation sites (N-methyl/N-ethyl adjacent to an activating group) is 2. The Morgan fingerprint density at radius 1 is 1.33 bits per heavy atom. The van der Waals surface area contributed by atoms with Crippen LogP contribution in [0.4, 0.5) is 4.79 Å². The lowest BCUT2D eigenvalue weighted by Gasteiger charge is -2.42. The average Bonchev–Trinajstić information content (AvgIpc) is 2.84. The van der Waals surface area contributed by atoms with Crippen molar-refractivity contribution < 1.29 is 14.4 Å². The molecule has 27 heavy (non-hydrogen) atoms. The summed E-state index contributed by atoms with van der Waals surface area (Å²) in [5.74, 6) is 0.110. The third-order valence-electron chi connectivity index (χ3n) is 6.52. The molecule has 4 amide bonds. The van der Waals surface area contributed by atoms with E-state index < -0.39 is 11.6 Å². The number of nitrogens with zero attached hydrogens (tertiary/aromatic N) is 2. The molecule has 0 bridgehead atoms. The lowest BCUT2D eigenvalue weighted by molar-refractivity contribution is -0.139. The molecule has 1 saturated heterocycles. The normalized spacial score (nSPS) is 25.4. The van der Waals surface area contributed by atoms with Crippen LogP contribution in [0.15, 0.2) is 0 Å². The lowest BCUT2D eigenvalue weighted by atomic mass is 9.65. The zero-order valence-corrected chi connectivity index (χ0v) is 18.1. The fourth-order valence-corrected chi connectivity index (χ4v) is 4.00. The van der Waals surface area contributed by atoms with Crippen LogP contribution >= 0.6 is 12.4 Å². The predicted octanol–water partition coefficient (Wildman–Crippen LogP) is 2.00. The minimum absolute atomic E-state index is 0. The second-order valence-electron chi connectivity index (χ2n) is 8.44. The molecule has 2 N–H and O–H groups in total.